The average molecular weight is 334 g/mol. The van der Waals surface area contributed by atoms with E-state index >= 15 is 0 Å². The molecule has 0 fully saturated rings. The summed E-state index contributed by atoms with van der Waals surface area (Å²) in [5.41, 5.74) is 5.56. The second-order valence-electron chi connectivity index (χ2n) is 3.49. The zero-order chi connectivity index (χ0) is 12.4. The number of anilines is 2. The van der Waals surface area contributed by atoms with Crippen molar-refractivity contribution in [3.63, 3.8) is 0 Å². The molecule has 0 radical (unpaired) electrons. The maximum Gasteiger partial charge on any atom is 0.223 e. The molecule has 0 amide bonds. The molecule has 2 aromatic heterocycles. The van der Waals surface area contributed by atoms with Crippen LogP contribution in [0.25, 0.3) is 0 Å². The zero-order valence-electron chi connectivity index (χ0n) is 9.02. The Balaban J connectivity index is 2.16. The number of nitrogens with zero attached hydrogens (tertiary/aromatic N) is 3. The second-order valence-corrected chi connectivity index (χ2v) is 5.79. The van der Waals surface area contributed by atoms with Crippen molar-refractivity contribution in [1.29, 1.82) is 0 Å². The minimum Gasteiger partial charge on any atom is -0.368 e. The molecule has 7 heteroatoms. The van der Waals surface area contributed by atoms with Gasteiger partial charge >= 0.3 is 0 Å². The van der Waals surface area contributed by atoms with E-state index in [4.69, 9.17) is 17.3 Å². The first kappa shape index (κ1) is 12.6. The molecule has 2 aromatic rings. The van der Waals surface area contributed by atoms with Gasteiger partial charge in [0.25, 0.3) is 0 Å². The van der Waals surface area contributed by atoms with E-state index in [1.54, 1.807) is 17.4 Å². The Morgan fingerprint density at radius 3 is 2.82 bits per heavy atom. The van der Waals surface area contributed by atoms with Crippen LogP contribution in [0.4, 0.5) is 11.8 Å². The van der Waals surface area contributed by atoms with Crippen molar-refractivity contribution < 1.29 is 0 Å². The number of aromatic nitrogens is 2. The molecule has 4 nitrogen and oxygen atoms in total. The minimum atomic E-state index is 0.187. The highest BCUT2D eigenvalue weighted by Gasteiger charge is 2.08. The van der Waals surface area contributed by atoms with Crippen molar-refractivity contribution in [2.75, 3.05) is 17.7 Å². The van der Waals surface area contributed by atoms with Gasteiger partial charge in [-0.3, -0.25) is 0 Å². The Kier molecular flexibility index (Phi) is 3.86. The molecular weight excluding hydrogens is 324 g/mol. The molecule has 0 spiro atoms. The lowest BCUT2D eigenvalue weighted by Gasteiger charge is -2.17. The molecule has 0 saturated carbocycles. The van der Waals surface area contributed by atoms with Crippen molar-refractivity contribution in [3.8, 4) is 0 Å². The van der Waals surface area contributed by atoms with Crippen LogP contribution in [0.15, 0.2) is 22.0 Å². The van der Waals surface area contributed by atoms with E-state index in [1.165, 1.54) is 4.88 Å². The van der Waals surface area contributed by atoms with Crippen LogP contribution >= 0.6 is 38.9 Å². The van der Waals surface area contributed by atoms with Crippen LogP contribution in [0.1, 0.15) is 4.88 Å². The fourth-order valence-corrected chi connectivity index (χ4v) is 3.06. The molecule has 0 saturated heterocycles. The highest BCUT2D eigenvalue weighted by molar-refractivity contribution is 9.10. The third-order valence-electron chi connectivity index (χ3n) is 2.10. The van der Waals surface area contributed by atoms with Gasteiger partial charge in [-0.05, 0) is 22.0 Å². The lowest BCUT2D eigenvalue weighted by atomic mass is 10.4. The SMILES string of the molecule is CN(Cc1cc(Br)cs1)c1cc(Cl)nc(N)n1. The monoisotopic (exact) mass is 332 g/mol. The van der Waals surface area contributed by atoms with Gasteiger partial charge in [-0.2, -0.15) is 4.98 Å². The minimum absolute atomic E-state index is 0.187. The third kappa shape index (κ3) is 3.31. The van der Waals surface area contributed by atoms with Crippen molar-refractivity contribution in [2.24, 2.45) is 0 Å². The van der Waals surface area contributed by atoms with Gasteiger partial charge in [0.05, 0.1) is 6.54 Å². The Morgan fingerprint density at radius 1 is 1.47 bits per heavy atom. The standard InChI is InChI=1S/C10H10BrClN4S/c1-16(4-7-2-6(11)5-17-7)9-3-8(12)14-10(13)15-9/h2-3,5H,4H2,1H3,(H2,13,14,15). The lowest BCUT2D eigenvalue weighted by Crippen LogP contribution is -2.17. The molecule has 0 aliphatic rings. The summed E-state index contributed by atoms with van der Waals surface area (Å²) >= 11 is 11.0. The van der Waals surface area contributed by atoms with Crippen molar-refractivity contribution in [1.82, 2.24) is 9.97 Å². The van der Waals surface area contributed by atoms with Crippen LogP contribution in [0.3, 0.4) is 0 Å². The average Bonchev–Trinajstić information content (AvgIpc) is 2.62. The summed E-state index contributed by atoms with van der Waals surface area (Å²) in [6.07, 6.45) is 0. The fourth-order valence-electron chi connectivity index (χ4n) is 1.37. The van der Waals surface area contributed by atoms with E-state index < -0.39 is 0 Å². The van der Waals surface area contributed by atoms with Crippen LogP contribution in [-0.2, 0) is 6.54 Å². The number of hydrogen-bond donors (Lipinski definition) is 1. The zero-order valence-corrected chi connectivity index (χ0v) is 12.2. The summed E-state index contributed by atoms with van der Waals surface area (Å²) in [4.78, 5) is 11.2. The quantitative estimate of drug-likeness (QED) is 0.877. The van der Waals surface area contributed by atoms with Crippen LogP contribution < -0.4 is 10.6 Å². The predicted molar refractivity (Wildman–Crippen MR) is 75.6 cm³/mol. The van der Waals surface area contributed by atoms with Gasteiger partial charge in [0.1, 0.15) is 11.0 Å². The van der Waals surface area contributed by atoms with E-state index in [-0.39, 0.29) is 5.95 Å². The normalized spacial score (nSPS) is 10.5. The summed E-state index contributed by atoms with van der Waals surface area (Å²) in [5, 5.41) is 2.40. The third-order valence-corrected chi connectivity index (χ3v) is 3.98. The van der Waals surface area contributed by atoms with Crippen LogP contribution in [0.5, 0.6) is 0 Å². The molecule has 2 rings (SSSR count). The van der Waals surface area contributed by atoms with Crippen LogP contribution in [-0.4, -0.2) is 17.0 Å². The van der Waals surface area contributed by atoms with Crippen molar-refractivity contribution >= 4 is 50.6 Å². The topological polar surface area (TPSA) is 55.0 Å². The van der Waals surface area contributed by atoms with Gasteiger partial charge in [0.15, 0.2) is 0 Å². The Bertz CT molecular complexity index is 511. The number of thiophene rings is 1. The Hall–Kier alpha value is -0.850. The van der Waals surface area contributed by atoms with Crippen molar-refractivity contribution in [3.05, 3.63) is 32.0 Å². The van der Waals surface area contributed by atoms with Gasteiger partial charge < -0.3 is 10.6 Å². The highest BCUT2D eigenvalue weighted by atomic mass is 79.9. The van der Waals surface area contributed by atoms with Gasteiger partial charge in [-0.25, -0.2) is 4.98 Å². The lowest BCUT2D eigenvalue weighted by molar-refractivity contribution is 0.907. The summed E-state index contributed by atoms with van der Waals surface area (Å²) < 4.78 is 1.09. The molecule has 0 atom stereocenters. The van der Waals surface area contributed by atoms with Crippen LogP contribution in [0.2, 0.25) is 5.15 Å². The van der Waals surface area contributed by atoms with E-state index in [9.17, 15) is 0 Å². The van der Waals surface area contributed by atoms with E-state index in [0.29, 0.717) is 11.0 Å². The largest absolute Gasteiger partial charge is 0.368 e. The maximum absolute atomic E-state index is 5.84. The number of hydrogen-bond acceptors (Lipinski definition) is 5. The number of nitrogens with two attached hydrogens (primary N) is 1. The number of nitrogen functional groups attached to an aromatic ring is 1. The first-order valence-electron chi connectivity index (χ1n) is 4.78. The van der Waals surface area contributed by atoms with E-state index in [0.717, 1.165) is 11.0 Å². The Morgan fingerprint density at radius 2 is 2.24 bits per heavy atom. The summed E-state index contributed by atoms with van der Waals surface area (Å²) in [5.74, 6) is 0.902. The first-order valence-corrected chi connectivity index (χ1v) is 6.84. The molecule has 0 aliphatic carbocycles. The molecule has 90 valence electrons. The molecule has 17 heavy (non-hydrogen) atoms. The van der Waals surface area contributed by atoms with Gasteiger partial charge in [-0.15, -0.1) is 11.3 Å². The smallest absolute Gasteiger partial charge is 0.223 e. The van der Waals surface area contributed by atoms with Gasteiger partial charge in [-0.1, -0.05) is 11.6 Å². The second kappa shape index (κ2) is 5.20. The maximum atomic E-state index is 5.84. The predicted octanol–water partition coefficient (Wildman–Crippen LogP) is 3.17. The summed E-state index contributed by atoms with van der Waals surface area (Å²) in [7, 11) is 1.94. The van der Waals surface area contributed by atoms with Crippen LogP contribution in [0, 0.1) is 0 Å². The number of halogens is 2. The number of rotatable bonds is 3. The van der Waals surface area contributed by atoms with Crippen molar-refractivity contribution in [2.45, 2.75) is 6.54 Å². The fraction of sp³-hybridized carbons (Fsp3) is 0.200. The van der Waals surface area contributed by atoms with E-state index in [1.807, 2.05) is 17.3 Å². The molecular formula is C10H10BrClN4S. The molecule has 0 bridgehead atoms. The first-order chi connectivity index (χ1) is 8.04. The molecule has 0 aliphatic heterocycles. The Labute approximate surface area is 117 Å². The van der Waals surface area contributed by atoms with E-state index in [2.05, 4.69) is 32.0 Å². The molecule has 0 unspecified atom stereocenters. The highest BCUT2D eigenvalue weighted by Crippen LogP contribution is 2.23. The summed E-state index contributed by atoms with van der Waals surface area (Å²) in [6.45, 7) is 0.753. The summed E-state index contributed by atoms with van der Waals surface area (Å²) in [6, 6.07) is 3.77. The van der Waals surface area contributed by atoms with Gasteiger partial charge in [0.2, 0.25) is 5.95 Å². The molecule has 2 N–H and O–H groups in total. The molecule has 2 heterocycles. The van der Waals surface area contributed by atoms with Gasteiger partial charge in [0, 0.05) is 27.8 Å². The molecule has 0 aromatic carbocycles.